The minimum Gasteiger partial charge on any atom is -0.494 e. The van der Waals surface area contributed by atoms with Crippen LogP contribution in [0.25, 0.3) is 0 Å². The van der Waals surface area contributed by atoms with Gasteiger partial charge < -0.3 is 15.2 Å². The van der Waals surface area contributed by atoms with Crippen LogP contribution in [0.5, 0.6) is 5.75 Å². The van der Waals surface area contributed by atoms with Crippen LogP contribution in [0, 0.1) is 5.82 Å². The van der Waals surface area contributed by atoms with E-state index in [-0.39, 0.29) is 11.9 Å². The molecule has 2 rings (SSSR count). The first kappa shape index (κ1) is 12.5. The summed E-state index contributed by atoms with van der Waals surface area (Å²) >= 11 is 1.63. The van der Waals surface area contributed by atoms with Gasteiger partial charge >= 0.3 is 0 Å². The van der Waals surface area contributed by atoms with Crippen LogP contribution < -0.4 is 10.5 Å². The van der Waals surface area contributed by atoms with Crippen molar-refractivity contribution < 1.29 is 13.9 Å². The summed E-state index contributed by atoms with van der Waals surface area (Å²) in [6.45, 7) is 2.82. The summed E-state index contributed by atoms with van der Waals surface area (Å²) in [5.41, 5.74) is 6.26. The molecule has 0 spiro atoms. The van der Waals surface area contributed by atoms with E-state index in [1.165, 1.54) is 13.2 Å². The number of methoxy groups -OCH3 is 1. The topological polar surface area (TPSA) is 44.5 Å². The van der Waals surface area contributed by atoms with Gasteiger partial charge in [0.2, 0.25) is 0 Å². The van der Waals surface area contributed by atoms with Crippen LogP contribution in [0.1, 0.15) is 13.3 Å². The average Bonchev–Trinajstić information content (AvgIpc) is 2.68. The van der Waals surface area contributed by atoms with E-state index < -0.39 is 5.82 Å². The SMILES string of the molecule is COc1cc(SC2CCOC2C)c(N)cc1F. The minimum absolute atomic E-state index is 0.204. The molecule has 0 aliphatic carbocycles. The fraction of sp³-hybridized carbons (Fsp3) is 0.500. The Hall–Kier alpha value is -0.940. The average molecular weight is 257 g/mol. The molecular weight excluding hydrogens is 241 g/mol. The van der Waals surface area contributed by atoms with E-state index in [1.807, 2.05) is 6.92 Å². The normalized spacial score (nSPS) is 23.9. The molecule has 1 aromatic rings. The Bertz CT molecular complexity index is 414. The third-order valence-electron chi connectivity index (χ3n) is 2.87. The highest BCUT2D eigenvalue weighted by Crippen LogP contribution is 2.38. The number of ether oxygens (including phenoxy) is 2. The third-order valence-corrected chi connectivity index (χ3v) is 4.40. The Kier molecular flexibility index (Phi) is 3.79. The quantitative estimate of drug-likeness (QED) is 0.846. The molecule has 0 aromatic heterocycles. The first-order valence-electron chi connectivity index (χ1n) is 5.53. The van der Waals surface area contributed by atoms with Gasteiger partial charge in [0, 0.05) is 28.5 Å². The second-order valence-corrected chi connectivity index (χ2v) is 5.33. The lowest BCUT2D eigenvalue weighted by Gasteiger charge is -2.15. The molecule has 3 nitrogen and oxygen atoms in total. The molecule has 0 radical (unpaired) electrons. The smallest absolute Gasteiger partial charge is 0.167 e. The van der Waals surface area contributed by atoms with Crippen LogP contribution in [0.15, 0.2) is 17.0 Å². The minimum atomic E-state index is -0.426. The molecule has 0 bridgehead atoms. The fourth-order valence-electron chi connectivity index (χ4n) is 1.84. The Morgan fingerprint density at radius 3 is 2.88 bits per heavy atom. The summed E-state index contributed by atoms with van der Waals surface area (Å²) < 4.78 is 23.8. The van der Waals surface area contributed by atoms with Crippen LogP contribution in [-0.4, -0.2) is 25.1 Å². The summed E-state index contributed by atoms with van der Waals surface area (Å²) in [6, 6.07) is 2.96. The highest BCUT2D eigenvalue weighted by molar-refractivity contribution is 8.00. The summed E-state index contributed by atoms with van der Waals surface area (Å²) in [5.74, 6) is -0.196. The zero-order valence-corrected chi connectivity index (χ0v) is 10.7. The van der Waals surface area contributed by atoms with Gasteiger partial charge in [-0.05, 0) is 19.4 Å². The molecule has 1 aliphatic heterocycles. The molecule has 0 amide bonds. The molecular formula is C12H16FNO2S. The number of nitrogens with two attached hydrogens (primary N) is 1. The lowest BCUT2D eigenvalue weighted by atomic mass is 10.2. The number of halogens is 1. The van der Waals surface area contributed by atoms with Gasteiger partial charge in [-0.1, -0.05) is 0 Å². The first-order valence-corrected chi connectivity index (χ1v) is 6.41. The lowest BCUT2D eigenvalue weighted by Crippen LogP contribution is -2.13. The van der Waals surface area contributed by atoms with Gasteiger partial charge in [0.05, 0.1) is 13.2 Å². The van der Waals surface area contributed by atoms with Gasteiger partial charge in [-0.25, -0.2) is 4.39 Å². The largest absolute Gasteiger partial charge is 0.494 e. The molecule has 2 atom stereocenters. The summed E-state index contributed by atoms with van der Waals surface area (Å²) in [5, 5.41) is 0.368. The molecule has 1 fully saturated rings. The van der Waals surface area contributed by atoms with Gasteiger partial charge in [0.25, 0.3) is 0 Å². The number of rotatable bonds is 3. The Balaban J connectivity index is 2.20. The number of thioether (sulfide) groups is 1. The van der Waals surface area contributed by atoms with Crippen molar-refractivity contribution in [2.75, 3.05) is 19.5 Å². The number of hydrogen-bond donors (Lipinski definition) is 1. The maximum atomic E-state index is 13.4. The van der Waals surface area contributed by atoms with Crippen LogP contribution >= 0.6 is 11.8 Å². The molecule has 5 heteroatoms. The maximum Gasteiger partial charge on any atom is 0.167 e. The van der Waals surface area contributed by atoms with Crippen molar-refractivity contribution in [3.63, 3.8) is 0 Å². The molecule has 17 heavy (non-hydrogen) atoms. The van der Waals surface area contributed by atoms with E-state index in [9.17, 15) is 4.39 Å². The van der Waals surface area contributed by atoms with Crippen molar-refractivity contribution in [2.24, 2.45) is 0 Å². The van der Waals surface area contributed by atoms with Gasteiger partial charge in [-0.15, -0.1) is 11.8 Å². The summed E-state index contributed by atoms with van der Waals surface area (Å²) in [7, 11) is 1.45. The van der Waals surface area contributed by atoms with E-state index in [0.29, 0.717) is 10.9 Å². The zero-order valence-electron chi connectivity index (χ0n) is 9.90. The van der Waals surface area contributed by atoms with E-state index in [2.05, 4.69) is 0 Å². The maximum absolute atomic E-state index is 13.4. The Morgan fingerprint density at radius 1 is 1.53 bits per heavy atom. The summed E-state index contributed by atoms with van der Waals surface area (Å²) in [6.07, 6.45) is 1.20. The van der Waals surface area contributed by atoms with Crippen LogP contribution in [0.4, 0.5) is 10.1 Å². The third kappa shape index (κ3) is 2.66. The fourth-order valence-corrected chi connectivity index (χ4v) is 3.02. The number of hydrogen-bond acceptors (Lipinski definition) is 4. The molecule has 2 unspecified atom stereocenters. The van der Waals surface area contributed by atoms with Crippen molar-refractivity contribution in [2.45, 2.75) is 29.6 Å². The molecule has 1 aromatic carbocycles. The number of nitrogen functional groups attached to an aromatic ring is 1. The predicted molar refractivity (Wildman–Crippen MR) is 67.0 cm³/mol. The molecule has 1 heterocycles. The van der Waals surface area contributed by atoms with Gasteiger partial charge in [0.15, 0.2) is 11.6 Å². The van der Waals surface area contributed by atoms with E-state index in [4.69, 9.17) is 15.2 Å². The van der Waals surface area contributed by atoms with E-state index in [0.717, 1.165) is 17.9 Å². The number of anilines is 1. The monoisotopic (exact) mass is 257 g/mol. The van der Waals surface area contributed by atoms with Gasteiger partial charge in [-0.3, -0.25) is 0 Å². The second kappa shape index (κ2) is 5.14. The van der Waals surface area contributed by atoms with Gasteiger partial charge in [0.1, 0.15) is 0 Å². The predicted octanol–water partition coefficient (Wildman–Crippen LogP) is 2.69. The van der Waals surface area contributed by atoms with E-state index >= 15 is 0 Å². The van der Waals surface area contributed by atoms with Crippen LogP contribution in [0.3, 0.4) is 0 Å². The van der Waals surface area contributed by atoms with Crippen LogP contribution in [0.2, 0.25) is 0 Å². The van der Waals surface area contributed by atoms with Crippen molar-refractivity contribution in [1.82, 2.24) is 0 Å². The van der Waals surface area contributed by atoms with Crippen molar-refractivity contribution in [3.8, 4) is 5.75 Å². The second-order valence-electron chi connectivity index (χ2n) is 4.05. The highest BCUT2D eigenvalue weighted by atomic mass is 32.2. The standard InChI is InChI=1S/C12H16FNO2S/c1-7-11(3-4-16-7)17-12-6-10(15-2)8(13)5-9(12)14/h5-7,11H,3-4,14H2,1-2H3. The summed E-state index contributed by atoms with van der Waals surface area (Å²) in [4.78, 5) is 0.852. The van der Waals surface area contributed by atoms with Crippen LogP contribution in [-0.2, 0) is 4.74 Å². The van der Waals surface area contributed by atoms with Gasteiger partial charge in [-0.2, -0.15) is 0 Å². The Morgan fingerprint density at radius 2 is 2.29 bits per heavy atom. The molecule has 1 aliphatic rings. The highest BCUT2D eigenvalue weighted by Gasteiger charge is 2.26. The number of benzene rings is 1. The van der Waals surface area contributed by atoms with E-state index in [1.54, 1.807) is 17.8 Å². The molecule has 2 N–H and O–H groups in total. The zero-order chi connectivity index (χ0) is 12.4. The lowest BCUT2D eigenvalue weighted by molar-refractivity contribution is 0.127. The molecule has 94 valence electrons. The van der Waals surface area contributed by atoms with Crippen molar-refractivity contribution >= 4 is 17.4 Å². The molecule has 0 saturated carbocycles. The first-order chi connectivity index (χ1) is 8.11. The molecule has 1 saturated heterocycles. The van der Waals surface area contributed by atoms with Crippen molar-refractivity contribution in [3.05, 3.63) is 17.9 Å². The Labute approximate surface area is 104 Å². The van der Waals surface area contributed by atoms with Crippen molar-refractivity contribution in [1.29, 1.82) is 0 Å².